The maximum Gasteiger partial charge on any atom is 0.416 e. The van der Waals surface area contributed by atoms with Crippen LogP contribution in [0.3, 0.4) is 0 Å². The van der Waals surface area contributed by atoms with Gasteiger partial charge in [-0.3, -0.25) is 4.90 Å². The van der Waals surface area contributed by atoms with Crippen molar-refractivity contribution in [2.24, 2.45) is 5.92 Å². The molecule has 1 aliphatic carbocycles. The number of alkyl halides is 6. The molecule has 0 unspecified atom stereocenters. The number of hydrogen-bond donors (Lipinski definition) is 1. The lowest BCUT2D eigenvalue weighted by Crippen LogP contribution is -2.47. The summed E-state index contributed by atoms with van der Waals surface area (Å²) in [5.41, 5.74) is -2.29. The summed E-state index contributed by atoms with van der Waals surface area (Å²) in [6.07, 6.45) is -4.93. The molecule has 1 aromatic carbocycles. The van der Waals surface area contributed by atoms with Gasteiger partial charge in [0.2, 0.25) is 0 Å². The van der Waals surface area contributed by atoms with Crippen LogP contribution in [0.1, 0.15) is 54.8 Å². The molecule has 1 saturated heterocycles. The topological polar surface area (TPSA) is 15.3 Å². The van der Waals surface area contributed by atoms with E-state index in [1.807, 2.05) is 0 Å². The summed E-state index contributed by atoms with van der Waals surface area (Å²) in [5.74, 6) is 0.0846. The highest BCUT2D eigenvalue weighted by atomic mass is 35.5. The number of hydrogen-bond acceptors (Lipinski definition) is 2. The van der Waals surface area contributed by atoms with Crippen molar-refractivity contribution < 1.29 is 26.3 Å². The highest BCUT2D eigenvalue weighted by molar-refractivity contribution is 5.85. The number of halogens is 8. The fourth-order valence-corrected chi connectivity index (χ4v) is 4.34. The van der Waals surface area contributed by atoms with Gasteiger partial charge in [0.15, 0.2) is 0 Å². The highest BCUT2D eigenvalue weighted by Gasteiger charge is 2.39. The Balaban J connectivity index is 0.00000210. The quantitative estimate of drug-likeness (QED) is 0.541. The van der Waals surface area contributed by atoms with Crippen molar-refractivity contribution >= 4 is 24.8 Å². The van der Waals surface area contributed by atoms with E-state index in [1.54, 1.807) is 0 Å². The summed E-state index contributed by atoms with van der Waals surface area (Å²) in [5, 5.41) is 3.19. The highest BCUT2D eigenvalue weighted by Crippen LogP contribution is 2.43. The third-order valence-corrected chi connectivity index (χ3v) is 5.59. The molecular weight excluding hydrogens is 441 g/mol. The van der Waals surface area contributed by atoms with E-state index in [4.69, 9.17) is 0 Å². The van der Waals surface area contributed by atoms with E-state index in [0.717, 1.165) is 44.2 Å². The zero-order valence-electron chi connectivity index (χ0n) is 15.8. The Morgan fingerprint density at radius 1 is 0.793 bits per heavy atom. The van der Waals surface area contributed by atoms with Crippen molar-refractivity contribution in [1.29, 1.82) is 0 Å². The Labute approximate surface area is 179 Å². The number of rotatable bonds is 3. The van der Waals surface area contributed by atoms with Crippen molar-refractivity contribution in [3.05, 3.63) is 34.9 Å². The van der Waals surface area contributed by atoms with Gasteiger partial charge in [0.25, 0.3) is 0 Å². The molecule has 3 rings (SSSR count). The van der Waals surface area contributed by atoms with E-state index in [1.165, 1.54) is 0 Å². The van der Waals surface area contributed by atoms with Gasteiger partial charge in [-0.15, -0.1) is 24.8 Å². The van der Waals surface area contributed by atoms with Crippen molar-refractivity contribution in [2.75, 3.05) is 26.2 Å². The van der Waals surface area contributed by atoms with Crippen LogP contribution < -0.4 is 5.32 Å². The Hall–Kier alpha value is -0.700. The molecule has 10 heteroatoms. The third-order valence-electron chi connectivity index (χ3n) is 5.59. The largest absolute Gasteiger partial charge is 0.416 e. The first-order valence-corrected chi connectivity index (χ1v) is 9.40. The molecule has 29 heavy (non-hydrogen) atoms. The Kier molecular flexibility index (Phi) is 9.58. The monoisotopic (exact) mass is 466 g/mol. The molecule has 1 aliphatic heterocycles. The summed E-state index contributed by atoms with van der Waals surface area (Å²) in [7, 11) is 0. The lowest BCUT2D eigenvalue weighted by molar-refractivity contribution is -0.143. The van der Waals surface area contributed by atoms with Crippen LogP contribution in [0.5, 0.6) is 0 Å². The fraction of sp³-hybridized carbons (Fsp3) is 0.684. The Morgan fingerprint density at radius 3 is 1.72 bits per heavy atom. The first-order valence-electron chi connectivity index (χ1n) is 9.40. The summed E-state index contributed by atoms with van der Waals surface area (Å²) in [6, 6.07) is 1.67. The maximum atomic E-state index is 13.3. The van der Waals surface area contributed by atoms with Crippen LogP contribution in [0.25, 0.3) is 0 Å². The lowest BCUT2D eigenvalue weighted by Gasteiger charge is -2.41. The van der Waals surface area contributed by atoms with E-state index < -0.39 is 29.5 Å². The normalized spacial score (nSPS) is 20.5. The van der Waals surface area contributed by atoms with Crippen molar-refractivity contribution in [3.63, 3.8) is 0 Å². The molecule has 0 radical (unpaired) electrons. The number of piperazine rings is 1. The first-order chi connectivity index (χ1) is 12.7. The number of nitrogens with zero attached hydrogens (tertiary/aromatic N) is 1. The molecule has 2 fully saturated rings. The third kappa shape index (κ3) is 6.64. The Morgan fingerprint density at radius 2 is 1.28 bits per heavy atom. The standard InChI is InChI=1S/C19H24F6N2.2ClH/c20-18(21,22)15-10-14(11-16(12-15)19(23,24)25)17(13-4-2-1-3-5-13)27-8-6-26-7-9-27;;/h10-13,17,26H,1-9H2;2*1H/t17-;;/m0../s1. The first kappa shape index (κ1) is 26.3. The van der Waals surface area contributed by atoms with E-state index in [0.29, 0.717) is 26.2 Å². The SMILES string of the molecule is Cl.Cl.FC(F)(F)c1cc([C@H](C2CCCCC2)N2CCNCC2)cc(C(F)(F)F)c1. The molecule has 0 bridgehead atoms. The minimum atomic E-state index is -4.81. The Bertz CT molecular complexity index is 588. The second kappa shape index (κ2) is 10.6. The van der Waals surface area contributed by atoms with Crippen LogP contribution in [0, 0.1) is 5.92 Å². The summed E-state index contributed by atoms with van der Waals surface area (Å²) in [4.78, 5) is 2.06. The van der Waals surface area contributed by atoms with E-state index in [9.17, 15) is 26.3 Å². The molecule has 1 N–H and O–H groups in total. The summed E-state index contributed by atoms with van der Waals surface area (Å²) < 4.78 is 79.8. The average molecular weight is 467 g/mol. The molecule has 1 aromatic rings. The molecule has 0 spiro atoms. The lowest BCUT2D eigenvalue weighted by atomic mass is 9.79. The molecule has 2 nitrogen and oxygen atoms in total. The molecular formula is C19H26Cl2F6N2. The van der Waals surface area contributed by atoms with Crippen molar-refractivity contribution in [2.45, 2.75) is 50.5 Å². The number of nitrogens with one attached hydrogen (secondary N) is 1. The van der Waals surface area contributed by atoms with Crippen LogP contribution in [-0.4, -0.2) is 31.1 Å². The van der Waals surface area contributed by atoms with Gasteiger partial charge >= 0.3 is 12.4 Å². The van der Waals surface area contributed by atoms with Crippen molar-refractivity contribution in [1.82, 2.24) is 10.2 Å². The predicted octanol–water partition coefficient (Wildman–Crippen LogP) is 6.09. The molecule has 0 amide bonds. The van der Waals surface area contributed by atoms with Gasteiger partial charge in [-0.1, -0.05) is 19.3 Å². The smallest absolute Gasteiger partial charge is 0.314 e. The van der Waals surface area contributed by atoms with Gasteiger partial charge in [-0.25, -0.2) is 0 Å². The van der Waals surface area contributed by atoms with E-state index in [-0.39, 0.29) is 42.4 Å². The zero-order valence-corrected chi connectivity index (χ0v) is 17.4. The molecule has 1 saturated carbocycles. The molecule has 168 valence electrons. The van der Waals surface area contributed by atoms with Gasteiger partial charge < -0.3 is 5.32 Å². The van der Waals surface area contributed by atoms with Crippen molar-refractivity contribution in [3.8, 4) is 0 Å². The molecule has 2 aliphatic rings. The van der Waals surface area contributed by atoms with E-state index >= 15 is 0 Å². The van der Waals surface area contributed by atoms with Gasteiger partial charge in [-0.2, -0.15) is 26.3 Å². The summed E-state index contributed by atoms with van der Waals surface area (Å²) >= 11 is 0. The van der Waals surface area contributed by atoms with E-state index in [2.05, 4.69) is 10.2 Å². The minimum absolute atomic E-state index is 0. The number of benzene rings is 1. The molecule has 0 aromatic heterocycles. The minimum Gasteiger partial charge on any atom is -0.314 e. The van der Waals surface area contributed by atoms with Gasteiger partial charge in [0, 0.05) is 32.2 Å². The predicted molar refractivity (Wildman–Crippen MR) is 105 cm³/mol. The molecule has 1 heterocycles. The van der Waals surface area contributed by atoms with Crippen LogP contribution >= 0.6 is 24.8 Å². The second-order valence-corrected chi connectivity index (χ2v) is 7.47. The maximum absolute atomic E-state index is 13.3. The van der Waals surface area contributed by atoms with Crippen LogP contribution in [0.2, 0.25) is 0 Å². The summed E-state index contributed by atoms with van der Waals surface area (Å²) in [6.45, 7) is 2.63. The fourth-order valence-electron chi connectivity index (χ4n) is 4.34. The van der Waals surface area contributed by atoms with Crippen LogP contribution in [0.15, 0.2) is 18.2 Å². The molecule has 1 atom stereocenters. The van der Waals surface area contributed by atoms with Gasteiger partial charge in [0.1, 0.15) is 0 Å². The average Bonchev–Trinajstić information content (AvgIpc) is 2.62. The van der Waals surface area contributed by atoms with Crippen LogP contribution in [0.4, 0.5) is 26.3 Å². The van der Waals surface area contributed by atoms with Crippen LogP contribution in [-0.2, 0) is 12.4 Å². The van der Waals surface area contributed by atoms with Gasteiger partial charge in [0.05, 0.1) is 11.1 Å². The second-order valence-electron chi connectivity index (χ2n) is 7.47. The van der Waals surface area contributed by atoms with Gasteiger partial charge in [-0.05, 0) is 42.5 Å². The zero-order chi connectivity index (χ0) is 19.7.